The van der Waals surface area contributed by atoms with Crippen LogP contribution in [0.1, 0.15) is 21.9 Å². The maximum atomic E-state index is 12.4. The van der Waals surface area contributed by atoms with Crippen LogP contribution in [0.15, 0.2) is 71.8 Å². The third-order valence-electron chi connectivity index (χ3n) is 4.98. The van der Waals surface area contributed by atoms with E-state index in [0.29, 0.717) is 17.3 Å². The van der Waals surface area contributed by atoms with E-state index in [1.54, 1.807) is 32.2 Å². The van der Waals surface area contributed by atoms with Crippen LogP contribution < -0.4 is 14.9 Å². The molecule has 3 aromatic rings. The fourth-order valence-electron chi connectivity index (χ4n) is 3.67. The molecule has 6 heteroatoms. The Morgan fingerprint density at radius 1 is 0.967 bits per heavy atom. The van der Waals surface area contributed by atoms with Crippen molar-refractivity contribution in [3.05, 3.63) is 83.4 Å². The Labute approximate surface area is 180 Å². The number of carbonyl (C=O) groups is 1. The quantitative estimate of drug-likeness (QED) is 0.448. The van der Waals surface area contributed by atoms with Gasteiger partial charge in [0, 0.05) is 5.56 Å². The van der Waals surface area contributed by atoms with Crippen molar-refractivity contribution < 1.29 is 14.3 Å². The lowest BCUT2D eigenvalue weighted by Crippen LogP contribution is -2.20. The molecule has 1 N–H and O–H groups in total. The summed E-state index contributed by atoms with van der Waals surface area (Å²) in [7, 11) is 3.15. The van der Waals surface area contributed by atoms with Gasteiger partial charge in [-0.25, -0.2) is 5.43 Å². The highest BCUT2D eigenvalue weighted by Gasteiger charge is 2.28. The molecule has 30 heavy (non-hydrogen) atoms. The summed E-state index contributed by atoms with van der Waals surface area (Å²) in [5.74, 6) is 1.34. The summed E-state index contributed by atoms with van der Waals surface area (Å²) in [6.45, 7) is 0. The van der Waals surface area contributed by atoms with Crippen molar-refractivity contribution in [2.45, 2.75) is 5.25 Å². The van der Waals surface area contributed by atoms with Gasteiger partial charge in [-0.2, -0.15) is 5.10 Å². The van der Waals surface area contributed by atoms with Gasteiger partial charge in [0.1, 0.15) is 0 Å². The number of hydrogen-bond acceptors (Lipinski definition) is 5. The van der Waals surface area contributed by atoms with Crippen molar-refractivity contribution in [2.24, 2.45) is 5.10 Å². The van der Waals surface area contributed by atoms with Crippen LogP contribution in [0.2, 0.25) is 0 Å². The minimum Gasteiger partial charge on any atom is -0.493 e. The number of methoxy groups -OCH3 is 2. The van der Waals surface area contributed by atoms with Gasteiger partial charge in [-0.15, -0.1) is 11.8 Å². The van der Waals surface area contributed by atoms with Crippen LogP contribution in [0.3, 0.4) is 0 Å². The largest absolute Gasteiger partial charge is 0.493 e. The highest BCUT2D eigenvalue weighted by molar-refractivity contribution is 8.00. The maximum Gasteiger partial charge on any atom is 0.250 e. The molecule has 0 bridgehead atoms. The number of carbonyl (C=O) groups excluding carboxylic acids is 1. The van der Waals surface area contributed by atoms with Crippen LogP contribution in [0.5, 0.6) is 11.5 Å². The fourth-order valence-corrected chi connectivity index (χ4v) is 4.82. The van der Waals surface area contributed by atoms with Gasteiger partial charge in [-0.05, 0) is 34.4 Å². The van der Waals surface area contributed by atoms with Gasteiger partial charge in [0.2, 0.25) is 5.91 Å². The van der Waals surface area contributed by atoms with Gasteiger partial charge in [0.05, 0.1) is 31.4 Å². The average molecular weight is 419 g/mol. The van der Waals surface area contributed by atoms with Crippen LogP contribution in [-0.2, 0) is 4.79 Å². The first kappa shape index (κ1) is 20.0. The van der Waals surface area contributed by atoms with E-state index in [1.807, 2.05) is 30.3 Å². The fraction of sp³-hybridized carbons (Fsp3) is 0.167. The molecule has 0 atom stereocenters. The Morgan fingerprint density at radius 3 is 2.27 bits per heavy atom. The van der Waals surface area contributed by atoms with Crippen LogP contribution in [0.25, 0.3) is 11.1 Å². The number of amides is 1. The Bertz CT molecular complexity index is 1050. The Morgan fingerprint density at radius 2 is 1.63 bits per heavy atom. The van der Waals surface area contributed by atoms with Crippen molar-refractivity contribution in [2.75, 3.05) is 20.0 Å². The number of ether oxygens (including phenoxy) is 2. The number of hydrogen-bond donors (Lipinski definition) is 1. The molecule has 0 fully saturated rings. The second-order valence-electron chi connectivity index (χ2n) is 6.74. The Hall–Kier alpha value is -3.25. The number of para-hydroxylation sites is 1. The molecular formula is C24H22N2O3S. The summed E-state index contributed by atoms with van der Waals surface area (Å²) in [6.07, 6.45) is 1.56. The first-order valence-electron chi connectivity index (χ1n) is 9.55. The van der Waals surface area contributed by atoms with E-state index in [2.05, 4.69) is 46.9 Å². The van der Waals surface area contributed by atoms with Gasteiger partial charge in [0.15, 0.2) is 11.5 Å². The minimum absolute atomic E-state index is 0.144. The first-order valence-corrected chi connectivity index (χ1v) is 10.6. The number of thioether (sulfide) groups is 1. The first-order chi connectivity index (χ1) is 14.7. The molecule has 1 amide bonds. The Kier molecular flexibility index (Phi) is 6.05. The summed E-state index contributed by atoms with van der Waals surface area (Å²) in [4.78, 5) is 12.4. The molecule has 1 aliphatic carbocycles. The lowest BCUT2D eigenvalue weighted by molar-refractivity contribution is -0.118. The molecule has 0 saturated carbocycles. The second-order valence-corrected chi connectivity index (χ2v) is 7.83. The number of hydrazone groups is 1. The molecule has 1 aliphatic rings. The summed E-state index contributed by atoms with van der Waals surface area (Å²) in [6, 6.07) is 22.2. The molecule has 0 aliphatic heterocycles. The Balaban J connectivity index is 1.41. The van der Waals surface area contributed by atoms with Gasteiger partial charge in [-0.1, -0.05) is 54.6 Å². The zero-order valence-corrected chi connectivity index (χ0v) is 17.6. The SMILES string of the molecule is COc1cccc(/C=N\NC(=O)CSC2c3ccccc3-c3ccccc32)c1OC. The number of benzene rings is 3. The highest BCUT2D eigenvalue weighted by atomic mass is 32.2. The average Bonchev–Trinajstić information content (AvgIpc) is 3.11. The predicted molar refractivity (Wildman–Crippen MR) is 121 cm³/mol. The van der Waals surface area contributed by atoms with Crippen LogP contribution in [-0.4, -0.2) is 32.1 Å². The smallest absolute Gasteiger partial charge is 0.250 e. The summed E-state index contributed by atoms with van der Waals surface area (Å²) in [5, 5.41) is 4.23. The third-order valence-corrected chi connectivity index (χ3v) is 6.25. The molecule has 5 nitrogen and oxygen atoms in total. The molecule has 0 unspecified atom stereocenters. The zero-order chi connectivity index (χ0) is 20.9. The van der Waals surface area contributed by atoms with Gasteiger partial charge >= 0.3 is 0 Å². The lowest BCUT2D eigenvalue weighted by atomic mass is 10.1. The van der Waals surface area contributed by atoms with Crippen LogP contribution in [0, 0.1) is 0 Å². The monoisotopic (exact) mass is 418 g/mol. The van der Waals surface area contributed by atoms with Gasteiger partial charge in [-0.3, -0.25) is 4.79 Å². The standard InChI is InChI=1S/C24H22N2O3S/c1-28-21-13-7-8-16(23(21)29-2)14-25-26-22(27)15-30-24-19-11-5-3-9-17(19)18-10-4-6-12-20(18)24/h3-14,24H,15H2,1-2H3,(H,26,27)/b25-14-. The van der Waals surface area contributed by atoms with E-state index in [1.165, 1.54) is 22.3 Å². The van der Waals surface area contributed by atoms with Gasteiger partial charge in [0.25, 0.3) is 0 Å². The maximum absolute atomic E-state index is 12.4. The molecule has 0 radical (unpaired) electrons. The van der Waals surface area contributed by atoms with Crippen molar-refractivity contribution >= 4 is 23.9 Å². The van der Waals surface area contributed by atoms with Crippen molar-refractivity contribution in [3.63, 3.8) is 0 Å². The molecule has 4 rings (SSSR count). The molecular weight excluding hydrogens is 396 g/mol. The molecule has 0 saturated heterocycles. The van der Waals surface area contributed by atoms with E-state index >= 15 is 0 Å². The number of fused-ring (bicyclic) bond motifs is 3. The van der Waals surface area contributed by atoms with Crippen molar-refractivity contribution in [3.8, 4) is 22.6 Å². The predicted octanol–water partition coefficient (Wildman–Crippen LogP) is 4.66. The molecule has 152 valence electrons. The molecule has 0 heterocycles. The molecule has 0 aromatic heterocycles. The topological polar surface area (TPSA) is 59.9 Å². The van der Waals surface area contributed by atoms with E-state index < -0.39 is 0 Å². The van der Waals surface area contributed by atoms with Crippen molar-refractivity contribution in [1.29, 1.82) is 0 Å². The summed E-state index contributed by atoms with van der Waals surface area (Å²) < 4.78 is 10.7. The minimum atomic E-state index is -0.153. The highest BCUT2D eigenvalue weighted by Crippen LogP contribution is 2.49. The third kappa shape index (κ3) is 3.91. The second kappa shape index (κ2) is 9.05. The van der Waals surface area contributed by atoms with Gasteiger partial charge < -0.3 is 9.47 Å². The van der Waals surface area contributed by atoms with E-state index in [0.717, 1.165) is 5.56 Å². The van der Waals surface area contributed by atoms with E-state index in [-0.39, 0.29) is 11.2 Å². The van der Waals surface area contributed by atoms with E-state index in [9.17, 15) is 4.79 Å². The number of nitrogens with zero attached hydrogens (tertiary/aromatic N) is 1. The normalized spacial score (nSPS) is 12.5. The summed E-state index contributed by atoms with van der Waals surface area (Å²) in [5.41, 5.74) is 8.32. The molecule has 3 aromatic carbocycles. The number of rotatable bonds is 7. The summed E-state index contributed by atoms with van der Waals surface area (Å²) >= 11 is 1.61. The van der Waals surface area contributed by atoms with Crippen LogP contribution >= 0.6 is 11.8 Å². The zero-order valence-electron chi connectivity index (χ0n) is 16.8. The van der Waals surface area contributed by atoms with Crippen LogP contribution in [0.4, 0.5) is 0 Å². The van der Waals surface area contributed by atoms with Crippen molar-refractivity contribution in [1.82, 2.24) is 5.43 Å². The van der Waals surface area contributed by atoms with E-state index in [4.69, 9.17) is 9.47 Å². The molecule has 0 spiro atoms. The number of nitrogens with one attached hydrogen (secondary N) is 1. The lowest BCUT2D eigenvalue weighted by Gasteiger charge is -2.12.